The van der Waals surface area contributed by atoms with Crippen LogP contribution < -0.4 is 4.74 Å². The lowest BCUT2D eigenvalue weighted by molar-refractivity contribution is 0.435. The molecule has 1 heteroatoms. The average molecular weight is 198 g/mol. The summed E-state index contributed by atoms with van der Waals surface area (Å²) < 4.78 is 5.59. The minimum absolute atomic E-state index is 0.712. The normalized spacial score (nSPS) is 10.3. The Balaban J connectivity index is 2.65. The molecule has 0 radical (unpaired) electrons. The number of benzene rings is 2. The fourth-order valence-electron chi connectivity index (χ4n) is 1.71. The van der Waals surface area contributed by atoms with Gasteiger partial charge in [0.25, 0.3) is 0 Å². The van der Waals surface area contributed by atoms with Crippen LogP contribution in [0.25, 0.3) is 10.8 Å². The van der Waals surface area contributed by atoms with E-state index < -0.39 is 0 Å². The van der Waals surface area contributed by atoms with Gasteiger partial charge in [-0.25, -0.2) is 0 Å². The highest BCUT2D eigenvalue weighted by atomic mass is 16.5. The number of rotatable bonds is 2. The zero-order chi connectivity index (χ0) is 10.8. The summed E-state index contributed by atoms with van der Waals surface area (Å²) in [7, 11) is 0. The summed E-state index contributed by atoms with van der Waals surface area (Å²) in [6.45, 7) is 7.72. The monoisotopic (exact) mass is 198 g/mol. The second-order valence-corrected chi connectivity index (χ2v) is 3.73. The van der Waals surface area contributed by atoms with Gasteiger partial charge in [0, 0.05) is 5.39 Å². The predicted molar refractivity (Wildman–Crippen MR) is 64.1 cm³/mol. The molecule has 0 aromatic heterocycles. The molecular formula is C14H14O. The highest BCUT2D eigenvalue weighted by Crippen LogP contribution is 2.28. The lowest BCUT2D eigenvalue weighted by Crippen LogP contribution is -1.90. The Morgan fingerprint density at radius 1 is 1.07 bits per heavy atom. The Kier molecular flexibility index (Phi) is 2.46. The van der Waals surface area contributed by atoms with Gasteiger partial charge in [0.05, 0.1) is 5.76 Å². The van der Waals surface area contributed by atoms with Crippen molar-refractivity contribution in [2.24, 2.45) is 0 Å². The first kappa shape index (κ1) is 9.78. The fourth-order valence-corrected chi connectivity index (χ4v) is 1.71. The van der Waals surface area contributed by atoms with Crippen LogP contribution in [0.2, 0.25) is 0 Å². The lowest BCUT2D eigenvalue weighted by Gasteiger charge is -2.09. The molecule has 2 rings (SSSR count). The van der Waals surface area contributed by atoms with Crippen molar-refractivity contribution < 1.29 is 4.74 Å². The van der Waals surface area contributed by atoms with Crippen molar-refractivity contribution in [2.45, 2.75) is 13.8 Å². The van der Waals surface area contributed by atoms with Gasteiger partial charge in [0.2, 0.25) is 0 Å². The highest BCUT2D eigenvalue weighted by molar-refractivity contribution is 5.90. The molecule has 1 nitrogen and oxygen atoms in total. The molecule has 0 saturated carbocycles. The molecule has 0 fully saturated rings. The quantitative estimate of drug-likeness (QED) is 0.661. The van der Waals surface area contributed by atoms with Crippen molar-refractivity contribution in [3.63, 3.8) is 0 Å². The molecule has 0 aliphatic rings. The number of ether oxygens (including phenoxy) is 1. The summed E-state index contributed by atoms with van der Waals surface area (Å²) in [6, 6.07) is 12.3. The fraction of sp³-hybridized carbons (Fsp3) is 0.143. The molecule has 0 saturated heterocycles. The first-order valence-electron chi connectivity index (χ1n) is 5.00. The molecule has 0 N–H and O–H groups in total. The lowest BCUT2D eigenvalue weighted by atomic mass is 10.1. The SMILES string of the molecule is C=C(C)Oc1cccc2c(C)cccc12. The van der Waals surface area contributed by atoms with E-state index in [0.717, 1.165) is 11.1 Å². The summed E-state index contributed by atoms with van der Waals surface area (Å²) in [5.41, 5.74) is 1.26. The van der Waals surface area contributed by atoms with Gasteiger partial charge in [0.1, 0.15) is 5.75 Å². The predicted octanol–water partition coefficient (Wildman–Crippen LogP) is 4.06. The molecule has 0 aliphatic carbocycles. The molecule has 0 aliphatic heterocycles. The molecule has 0 atom stereocenters. The average Bonchev–Trinajstić information content (AvgIpc) is 2.19. The van der Waals surface area contributed by atoms with Gasteiger partial charge in [-0.15, -0.1) is 0 Å². The van der Waals surface area contributed by atoms with Crippen molar-refractivity contribution in [3.05, 3.63) is 54.3 Å². The van der Waals surface area contributed by atoms with Crippen LogP contribution in [-0.4, -0.2) is 0 Å². The molecule has 2 aromatic carbocycles. The molecule has 2 aromatic rings. The van der Waals surface area contributed by atoms with Crippen LogP contribution >= 0.6 is 0 Å². The number of aryl methyl sites for hydroxylation is 1. The van der Waals surface area contributed by atoms with Gasteiger partial charge in [-0.1, -0.05) is 36.9 Å². The molecule has 0 spiro atoms. The van der Waals surface area contributed by atoms with Gasteiger partial charge >= 0.3 is 0 Å². The Hall–Kier alpha value is -1.76. The molecule has 0 heterocycles. The molecule has 15 heavy (non-hydrogen) atoms. The largest absolute Gasteiger partial charge is 0.462 e. The van der Waals surface area contributed by atoms with Crippen LogP contribution in [0, 0.1) is 6.92 Å². The van der Waals surface area contributed by atoms with E-state index in [0.29, 0.717) is 5.76 Å². The second-order valence-electron chi connectivity index (χ2n) is 3.73. The van der Waals surface area contributed by atoms with Crippen molar-refractivity contribution in [3.8, 4) is 5.75 Å². The Morgan fingerprint density at radius 2 is 1.73 bits per heavy atom. The van der Waals surface area contributed by atoms with Crippen LogP contribution in [-0.2, 0) is 0 Å². The Morgan fingerprint density at radius 3 is 2.47 bits per heavy atom. The van der Waals surface area contributed by atoms with E-state index in [9.17, 15) is 0 Å². The van der Waals surface area contributed by atoms with Gasteiger partial charge in [0.15, 0.2) is 0 Å². The summed E-state index contributed by atoms with van der Waals surface area (Å²) >= 11 is 0. The van der Waals surface area contributed by atoms with Crippen molar-refractivity contribution in [2.75, 3.05) is 0 Å². The third-order valence-electron chi connectivity index (χ3n) is 2.38. The van der Waals surface area contributed by atoms with Gasteiger partial charge in [-0.3, -0.25) is 0 Å². The third-order valence-corrected chi connectivity index (χ3v) is 2.38. The maximum atomic E-state index is 5.59. The van der Waals surface area contributed by atoms with Crippen LogP contribution in [0.15, 0.2) is 48.7 Å². The number of hydrogen-bond donors (Lipinski definition) is 0. The summed E-state index contributed by atoms with van der Waals surface area (Å²) in [4.78, 5) is 0. The smallest absolute Gasteiger partial charge is 0.134 e. The Bertz CT molecular complexity index is 512. The van der Waals surface area contributed by atoms with Gasteiger partial charge in [-0.2, -0.15) is 0 Å². The summed E-state index contributed by atoms with van der Waals surface area (Å²) in [5, 5.41) is 2.37. The summed E-state index contributed by atoms with van der Waals surface area (Å²) in [6.07, 6.45) is 0. The van der Waals surface area contributed by atoms with E-state index in [1.54, 1.807) is 0 Å². The topological polar surface area (TPSA) is 9.23 Å². The first-order valence-corrected chi connectivity index (χ1v) is 5.00. The number of fused-ring (bicyclic) bond motifs is 1. The zero-order valence-electron chi connectivity index (χ0n) is 9.08. The molecular weight excluding hydrogens is 184 g/mol. The zero-order valence-corrected chi connectivity index (χ0v) is 9.08. The van der Waals surface area contributed by atoms with Crippen LogP contribution in [0.5, 0.6) is 5.75 Å². The van der Waals surface area contributed by atoms with Crippen LogP contribution in [0.1, 0.15) is 12.5 Å². The highest BCUT2D eigenvalue weighted by Gasteiger charge is 2.03. The van der Waals surface area contributed by atoms with E-state index in [2.05, 4.69) is 31.7 Å². The van der Waals surface area contributed by atoms with Crippen molar-refractivity contribution in [1.29, 1.82) is 0 Å². The molecule has 76 valence electrons. The standard InChI is InChI=1S/C14H14O/c1-10(2)15-14-9-5-7-12-11(3)6-4-8-13(12)14/h4-9H,1H2,2-3H3. The van der Waals surface area contributed by atoms with Crippen LogP contribution in [0.3, 0.4) is 0 Å². The van der Waals surface area contributed by atoms with E-state index in [-0.39, 0.29) is 0 Å². The van der Waals surface area contributed by atoms with E-state index >= 15 is 0 Å². The van der Waals surface area contributed by atoms with Gasteiger partial charge in [-0.05, 0) is 30.9 Å². The van der Waals surface area contributed by atoms with E-state index in [1.807, 2.05) is 25.1 Å². The number of allylic oxidation sites excluding steroid dienone is 1. The van der Waals surface area contributed by atoms with Crippen molar-refractivity contribution >= 4 is 10.8 Å². The summed E-state index contributed by atoms with van der Waals surface area (Å²) in [5.74, 6) is 1.59. The Labute approximate surface area is 90.0 Å². The van der Waals surface area contributed by atoms with Crippen LogP contribution in [0.4, 0.5) is 0 Å². The molecule has 0 bridgehead atoms. The second kappa shape index (κ2) is 3.77. The maximum absolute atomic E-state index is 5.59. The molecule has 0 amide bonds. The minimum atomic E-state index is 0.712. The number of hydrogen-bond acceptors (Lipinski definition) is 1. The molecule has 0 unspecified atom stereocenters. The first-order chi connectivity index (χ1) is 7.18. The van der Waals surface area contributed by atoms with Crippen molar-refractivity contribution in [1.82, 2.24) is 0 Å². The van der Waals surface area contributed by atoms with E-state index in [4.69, 9.17) is 4.74 Å². The maximum Gasteiger partial charge on any atom is 0.134 e. The minimum Gasteiger partial charge on any atom is -0.462 e. The van der Waals surface area contributed by atoms with E-state index in [1.165, 1.54) is 10.9 Å². The van der Waals surface area contributed by atoms with Gasteiger partial charge < -0.3 is 4.74 Å². The third kappa shape index (κ3) is 1.86.